The van der Waals surface area contributed by atoms with Gasteiger partial charge in [-0.1, -0.05) is 6.07 Å². The molecule has 0 atom stereocenters. The number of methoxy groups -OCH3 is 3. The Bertz CT molecular complexity index is 668. The van der Waals surface area contributed by atoms with Gasteiger partial charge in [-0.15, -0.1) is 0 Å². The minimum absolute atomic E-state index is 0.570. The Morgan fingerprint density at radius 1 is 1.00 bits per heavy atom. The van der Waals surface area contributed by atoms with Crippen LogP contribution in [0.5, 0.6) is 17.2 Å². The standard InChI is InChI=1S/C17H18N2O3/c1-20-15-8-13(9-16(21-2)17(15)22-3)11-19-14-6-4-5-12(7-14)10-18/h4-9,19H,11H2,1-3H3. The van der Waals surface area contributed by atoms with Gasteiger partial charge < -0.3 is 19.5 Å². The van der Waals surface area contributed by atoms with Crippen molar-refractivity contribution in [1.29, 1.82) is 5.26 Å². The number of benzene rings is 2. The van der Waals surface area contributed by atoms with Crippen molar-refractivity contribution in [3.05, 3.63) is 47.5 Å². The van der Waals surface area contributed by atoms with Crippen molar-refractivity contribution in [3.8, 4) is 23.3 Å². The number of anilines is 1. The first-order chi connectivity index (χ1) is 10.7. The molecule has 0 aliphatic rings. The zero-order valence-corrected chi connectivity index (χ0v) is 12.8. The van der Waals surface area contributed by atoms with E-state index in [1.807, 2.05) is 24.3 Å². The van der Waals surface area contributed by atoms with Crippen LogP contribution in [0.4, 0.5) is 5.69 Å². The van der Waals surface area contributed by atoms with Crippen molar-refractivity contribution in [2.24, 2.45) is 0 Å². The molecule has 0 amide bonds. The van der Waals surface area contributed by atoms with Crippen LogP contribution >= 0.6 is 0 Å². The molecule has 1 N–H and O–H groups in total. The van der Waals surface area contributed by atoms with Gasteiger partial charge in [0.1, 0.15) is 0 Å². The van der Waals surface area contributed by atoms with E-state index in [1.165, 1.54) is 0 Å². The monoisotopic (exact) mass is 298 g/mol. The first-order valence-electron chi connectivity index (χ1n) is 6.74. The lowest BCUT2D eigenvalue weighted by atomic mass is 10.1. The smallest absolute Gasteiger partial charge is 0.203 e. The van der Waals surface area contributed by atoms with Gasteiger partial charge in [-0.3, -0.25) is 0 Å². The van der Waals surface area contributed by atoms with Gasteiger partial charge in [-0.25, -0.2) is 0 Å². The van der Waals surface area contributed by atoms with Crippen molar-refractivity contribution in [2.75, 3.05) is 26.6 Å². The third kappa shape index (κ3) is 3.41. The highest BCUT2D eigenvalue weighted by Gasteiger charge is 2.12. The summed E-state index contributed by atoms with van der Waals surface area (Å²) in [6, 6.07) is 13.2. The van der Waals surface area contributed by atoms with Crippen LogP contribution < -0.4 is 19.5 Å². The van der Waals surface area contributed by atoms with Gasteiger partial charge in [-0.2, -0.15) is 5.26 Å². The Kier molecular flexibility index (Phi) is 5.10. The van der Waals surface area contributed by atoms with E-state index in [1.54, 1.807) is 33.5 Å². The molecule has 2 aromatic rings. The Balaban J connectivity index is 2.20. The third-order valence-corrected chi connectivity index (χ3v) is 3.21. The summed E-state index contributed by atoms with van der Waals surface area (Å²) >= 11 is 0. The Hall–Kier alpha value is -2.87. The van der Waals surface area contributed by atoms with Gasteiger partial charge in [0.15, 0.2) is 11.5 Å². The van der Waals surface area contributed by atoms with Gasteiger partial charge in [0.25, 0.3) is 0 Å². The van der Waals surface area contributed by atoms with Crippen LogP contribution in [0, 0.1) is 11.3 Å². The van der Waals surface area contributed by atoms with Gasteiger partial charge in [0.05, 0.1) is 33.0 Å². The van der Waals surface area contributed by atoms with E-state index < -0.39 is 0 Å². The second-order valence-corrected chi connectivity index (χ2v) is 4.58. The molecular weight excluding hydrogens is 280 g/mol. The number of nitrogens with zero attached hydrogens (tertiary/aromatic N) is 1. The van der Waals surface area contributed by atoms with Crippen LogP contribution in [0.15, 0.2) is 36.4 Å². The molecule has 0 unspecified atom stereocenters. The number of rotatable bonds is 6. The first kappa shape index (κ1) is 15.5. The largest absolute Gasteiger partial charge is 0.493 e. The van der Waals surface area contributed by atoms with Crippen LogP contribution in [-0.4, -0.2) is 21.3 Å². The van der Waals surface area contributed by atoms with Crippen molar-refractivity contribution in [3.63, 3.8) is 0 Å². The second kappa shape index (κ2) is 7.23. The summed E-state index contributed by atoms with van der Waals surface area (Å²) in [5.74, 6) is 1.80. The average Bonchev–Trinajstić information content (AvgIpc) is 2.58. The number of hydrogen-bond donors (Lipinski definition) is 1. The Morgan fingerprint density at radius 2 is 1.68 bits per heavy atom. The molecule has 0 saturated heterocycles. The van der Waals surface area contributed by atoms with E-state index in [9.17, 15) is 0 Å². The van der Waals surface area contributed by atoms with Gasteiger partial charge in [0.2, 0.25) is 5.75 Å². The van der Waals surface area contributed by atoms with Crippen molar-refractivity contribution < 1.29 is 14.2 Å². The molecule has 5 heteroatoms. The predicted octanol–water partition coefficient (Wildman–Crippen LogP) is 3.20. The van der Waals surface area contributed by atoms with Crippen molar-refractivity contribution in [1.82, 2.24) is 0 Å². The third-order valence-electron chi connectivity index (χ3n) is 3.21. The first-order valence-corrected chi connectivity index (χ1v) is 6.74. The second-order valence-electron chi connectivity index (χ2n) is 4.58. The van der Waals surface area contributed by atoms with Gasteiger partial charge >= 0.3 is 0 Å². The van der Waals surface area contributed by atoms with Gasteiger partial charge in [-0.05, 0) is 35.9 Å². The molecule has 2 rings (SSSR count). The molecule has 22 heavy (non-hydrogen) atoms. The van der Waals surface area contributed by atoms with E-state index >= 15 is 0 Å². The lowest BCUT2D eigenvalue weighted by Crippen LogP contribution is -2.02. The van der Waals surface area contributed by atoms with E-state index in [4.69, 9.17) is 19.5 Å². The van der Waals surface area contributed by atoms with E-state index in [2.05, 4.69) is 11.4 Å². The predicted molar refractivity (Wildman–Crippen MR) is 84.6 cm³/mol. The highest BCUT2D eigenvalue weighted by molar-refractivity contribution is 5.55. The average molecular weight is 298 g/mol. The van der Waals surface area contributed by atoms with Crippen molar-refractivity contribution in [2.45, 2.75) is 6.54 Å². The Labute approximate surface area is 130 Å². The molecule has 0 heterocycles. The molecule has 0 aliphatic carbocycles. The summed E-state index contributed by atoms with van der Waals surface area (Å²) < 4.78 is 16.0. The molecule has 0 saturated carbocycles. The number of hydrogen-bond acceptors (Lipinski definition) is 5. The molecular formula is C17H18N2O3. The van der Waals surface area contributed by atoms with E-state index in [0.29, 0.717) is 29.4 Å². The summed E-state index contributed by atoms with van der Waals surface area (Å²) in [7, 11) is 4.75. The van der Waals surface area contributed by atoms with E-state index in [-0.39, 0.29) is 0 Å². The maximum Gasteiger partial charge on any atom is 0.203 e. The fraction of sp³-hybridized carbons (Fsp3) is 0.235. The lowest BCUT2D eigenvalue weighted by molar-refractivity contribution is 0.324. The van der Waals surface area contributed by atoms with Crippen LogP contribution in [0.2, 0.25) is 0 Å². The van der Waals surface area contributed by atoms with Crippen LogP contribution in [0.25, 0.3) is 0 Å². The molecule has 0 bridgehead atoms. The summed E-state index contributed by atoms with van der Waals surface area (Å²) in [5.41, 5.74) is 2.49. The van der Waals surface area contributed by atoms with Crippen molar-refractivity contribution >= 4 is 5.69 Å². The highest BCUT2D eigenvalue weighted by Crippen LogP contribution is 2.38. The van der Waals surface area contributed by atoms with Crippen LogP contribution in [-0.2, 0) is 6.54 Å². The zero-order chi connectivity index (χ0) is 15.9. The lowest BCUT2D eigenvalue weighted by Gasteiger charge is -2.14. The highest BCUT2D eigenvalue weighted by atomic mass is 16.5. The normalized spacial score (nSPS) is 9.73. The molecule has 0 aromatic heterocycles. The molecule has 2 aromatic carbocycles. The van der Waals surface area contributed by atoms with Crippen LogP contribution in [0.3, 0.4) is 0 Å². The molecule has 0 spiro atoms. The minimum Gasteiger partial charge on any atom is -0.493 e. The maximum atomic E-state index is 8.92. The molecule has 5 nitrogen and oxygen atoms in total. The summed E-state index contributed by atoms with van der Waals surface area (Å²) in [6.07, 6.45) is 0. The summed E-state index contributed by atoms with van der Waals surface area (Å²) in [6.45, 7) is 0.575. The topological polar surface area (TPSA) is 63.5 Å². The Morgan fingerprint density at radius 3 is 2.23 bits per heavy atom. The fourth-order valence-electron chi connectivity index (χ4n) is 2.14. The number of ether oxygens (including phenoxy) is 3. The zero-order valence-electron chi connectivity index (χ0n) is 12.8. The van der Waals surface area contributed by atoms with Gasteiger partial charge in [0, 0.05) is 12.2 Å². The maximum absolute atomic E-state index is 8.92. The minimum atomic E-state index is 0.570. The summed E-state index contributed by atoms with van der Waals surface area (Å²) in [4.78, 5) is 0. The molecule has 114 valence electrons. The fourth-order valence-corrected chi connectivity index (χ4v) is 2.14. The SMILES string of the molecule is COc1cc(CNc2cccc(C#N)c2)cc(OC)c1OC. The summed E-state index contributed by atoms with van der Waals surface area (Å²) in [5, 5.41) is 12.2. The quantitative estimate of drug-likeness (QED) is 0.887. The molecule has 0 aliphatic heterocycles. The number of nitriles is 1. The number of nitrogens with one attached hydrogen (secondary N) is 1. The van der Waals surface area contributed by atoms with Crippen LogP contribution in [0.1, 0.15) is 11.1 Å². The molecule has 0 radical (unpaired) electrons. The van der Waals surface area contributed by atoms with E-state index in [0.717, 1.165) is 11.3 Å². The molecule has 0 fully saturated rings.